The number of urea groups is 1. The Bertz CT molecular complexity index is 1830. The van der Waals surface area contributed by atoms with E-state index in [1.54, 1.807) is 26.3 Å². The van der Waals surface area contributed by atoms with Crippen LogP contribution in [0.1, 0.15) is 61.4 Å². The summed E-state index contributed by atoms with van der Waals surface area (Å²) < 4.78 is 34.7. The summed E-state index contributed by atoms with van der Waals surface area (Å²) in [7, 11) is -2.54. The number of ether oxygens (including phenoxy) is 1. The molecule has 2 heterocycles. The van der Waals surface area contributed by atoms with Gasteiger partial charge in [0.25, 0.3) is 5.91 Å². The van der Waals surface area contributed by atoms with E-state index in [1.165, 1.54) is 51.0 Å². The molecule has 0 spiro atoms. The maximum absolute atomic E-state index is 14.2. The predicted molar refractivity (Wildman–Crippen MR) is 199 cm³/mol. The van der Waals surface area contributed by atoms with Crippen LogP contribution in [-0.4, -0.2) is 107 Å². The van der Waals surface area contributed by atoms with Crippen LogP contribution < -0.4 is 5.32 Å². The molecule has 3 aromatic rings. The molecular formula is C37H48N6O8S2. The van der Waals surface area contributed by atoms with Gasteiger partial charge in [0.05, 0.1) is 42.1 Å². The summed E-state index contributed by atoms with van der Waals surface area (Å²) in [5.41, 5.74) is 1.85. The Morgan fingerprint density at radius 2 is 1.83 bits per heavy atom. The number of rotatable bonds is 18. The van der Waals surface area contributed by atoms with Crippen molar-refractivity contribution in [2.24, 2.45) is 17.0 Å². The van der Waals surface area contributed by atoms with Gasteiger partial charge in [0.1, 0.15) is 17.6 Å². The van der Waals surface area contributed by atoms with Gasteiger partial charge in [-0.2, -0.15) is 4.31 Å². The molecule has 1 aromatic heterocycles. The maximum Gasteiger partial charge on any atom is 0.328 e. The van der Waals surface area contributed by atoms with Crippen LogP contribution in [0.15, 0.2) is 70.0 Å². The third-order valence-electron chi connectivity index (χ3n) is 9.65. The Morgan fingerprint density at radius 3 is 2.47 bits per heavy atom. The van der Waals surface area contributed by atoms with Gasteiger partial charge in [0.15, 0.2) is 0 Å². The van der Waals surface area contributed by atoms with Gasteiger partial charge < -0.3 is 25.3 Å². The average molecular weight is 769 g/mol. The second-order valence-corrected chi connectivity index (χ2v) is 16.8. The monoisotopic (exact) mass is 768 g/mol. The number of amides is 4. The number of thiazole rings is 1. The molecule has 286 valence electrons. The number of aromatic nitrogens is 1. The third kappa shape index (κ3) is 10.1. The van der Waals surface area contributed by atoms with Crippen molar-refractivity contribution in [2.75, 3.05) is 26.7 Å². The van der Waals surface area contributed by atoms with E-state index in [0.717, 1.165) is 36.1 Å². The van der Waals surface area contributed by atoms with Crippen molar-refractivity contribution in [1.82, 2.24) is 24.4 Å². The molecule has 0 bridgehead atoms. The fourth-order valence-corrected chi connectivity index (χ4v) is 9.25. The summed E-state index contributed by atoms with van der Waals surface area (Å²) in [5, 5.41) is 29.2. The number of benzene rings is 2. The molecule has 1 saturated heterocycles. The highest BCUT2D eigenvalue weighted by Gasteiger charge is 2.44. The van der Waals surface area contributed by atoms with Crippen molar-refractivity contribution >= 4 is 45.4 Å². The lowest BCUT2D eigenvalue weighted by atomic mass is 9.97. The molecule has 16 heteroatoms. The molecule has 5 rings (SSSR count). The normalized spacial score (nSPS) is 17.4. The lowest BCUT2D eigenvalue weighted by molar-refractivity contribution is -0.129. The Balaban J connectivity index is 1.38. The molecule has 1 aliphatic carbocycles. The lowest BCUT2D eigenvalue weighted by Gasteiger charge is -2.34. The summed E-state index contributed by atoms with van der Waals surface area (Å²) in [6, 6.07) is 12.5. The molecule has 0 unspecified atom stereocenters. The average Bonchev–Trinajstić information content (AvgIpc) is 3.87. The molecule has 14 nitrogen and oxygen atoms in total. The minimum Gasteiger partial charge on any atom is -0.411 e. The second-order valence-electron chi connectivity index (χ2n) is 13.9. The summed E-state index contributed by atoms with van der Waals surface area (Å²) in [5.74, 6) is -1.32. The number of methoxy groups -OCH3 is 1. The second kappa shape index (κ2) is 18.2. The van der Waals surface area contributed by atoms with Crippen molar-refractivity contribution in [2.45, 2.75) is 82.2 Å². The first kappa shape index (κ1) is 40.0. The number of hydrogen-bond acceptors (Lipinski definition) is 11. The van der Waals surface area contributed by atoms with Crippen LogP contribution in [0.25, 0.3) is 0 Å². The predicted octanol–water partition coefficient (Wildman–Crippen LogP) is 3.86. The van der Waals surface area contributed by atoms with Crippen LogP contribution in [0.5, 0.6) is 0 Å². The number of aliphatic hydroxyl groups excluding tert-OH is 1. The van der Waals surface area contributed by atoms with E-state index in [-0.39, 0.29) is 43.4 Å². The lowest BCUT2D eigenvalue weighted by Crippen LogP contribution is -2.57. The van der Waals surface area contributed by atoms with Crippen LogP contribution in [0, 0.1) is 11.8 Å². The number of aliphatic hydroxyl groups is 1. The Kier molecular flexibility index (Phi) is 13.7. The first-order valence-corrected chi connectivity index (χ1v) is 20.1. The zero-order valence-corrected chi connectivity index (χ0v) is 31.8. The number of oxime groups is 1. The van der Waals surface area contributed by atoms with E-state index in [0.29, 0.717) is 22.9 Å². The molecule has 53 heavy (non-hydrogen) atoms. The number of nitrogens with one attached hydrogen (secondary N) is 1. The van der Waals surface area contributed by atoms with Crippen LogP contribution in [-0.2, 0) is 43.9 Å². The molecular weight excluding hydrogens is 721 g/mol. The largest absolute Gasteiger partial charge is 0.411 e. The van der Waals surface area contributed by atoms with Gasteiger partial charge >= 0.3 is 6.03 Å². The number of sulfonamides is 1. The third-order valence-corrected chi connectivity index (χ3v) is 12.4. The molecule has 1 saturated carbocycles. The molecule has 2 aromatic carbocycles. The van der Waals surface area contributed by atoms with Gasteiger partial charge in [-0.15, -0.1) is 11.3 Å². The highest BCUT2D eigenvalue weighted by molar-refractivity contribution is 7.89. The number of carbonyl (C=O) groups is 3. The zero-order chi connectivity index (χ0) is 38.1. The van der Waals surface area contributed by atoms with Gasteiger partial charge in [-0.25, -0.2) is 18.2 Å². The van der Waals surface area contributed by atoms with Crippen LogP contribution in [0.2, 0.25) is 0 Å². The number of carbonyl (C=O) groups excluding carboxylic acids is 3. The summed E-state index contributed by atoms with van der Waals surface area (Å²) >= 11 is 1.36. The number of hydrogen-bond donors (Lipinski definition) is 3. The zero-order valence-electron chi connectivity index (χ0n) is 30.2. The molecule has 3 atom stereocenters. The highest BCUT2D eigenvalue weighted by Crippen LogP contribution is 2.29. The van der Waals surface area contributed by atoms with Crippen molar-refractivity contribution in [3.8, 4) is 0 Å². The molecule has 0 radical (unpaired) electrons. The van der Waals surface area contributed by atoms with Gasteiger partial charge in [0, 0.05) is 25.6 Å². The number of imide groups is 1. The Labute approximate surface area is 314 Å². The van der Waals surface area contributed by atoms with E-state index >= 15 is 0 Å². The SMILES string of the molecule is COCc1nc(CN2C(=O)CN([C@H](C(=O)N[C@@H](Cc3ccccc3)[C@H](O)CN(CC3CCCC3)S(=O)(=O)c3ccc(/C=N/O)cc3)C(C)C)C2=O)cs1. The van der Waals surface area contributed by atoms with E-state index in [2.05, 4.69) is 15.5 Å². The van der Waals surface area contributed by atoms with Gasteiger partial charge in [-0.3, -0.25) is 14.5 Å². The fourth-order valence-electron chi connectivity index (χ4n) is 6.96. The standard InChI is InChI=1S/C37H48N6O8S2/c1-25(2)35(43-22-34(45)42(37(43)47)20-29-24-52-33(39-29)23-51-3)36(46)40-31(17-26-9-5-4-6-10-26)32(44)21-41(19-28-11-7-8-12-28)53(49,50)30-15-13-27(14-16-30)18-38-48/h4-6,9-10,13-16,18,24-25,28,31-32,35,44,48H,7-8,11-12,17,19-23H2,1-3H3,(H,40,46)/b38-18+/t31-,32+,35-/m0/s1. The topological polar surface area (TPSA) is 182 Å². The van der Waals surface area contributed by atoms with E-state index < -0.39 is 52.0 Å². The van der Waals surface area contributed by atoms with E-state index in [1.807, 2.05) is 30.3 Å². The fraction of sp³-hybridized carbons (Fsp3) is 0.486. The van der Waals surface area contributed by atoms with E-state index in [9.17, 15) is 27.9 Å². The van der Waals surface area contributed by atoms with Crippen LogP contribution in [0.4, 0.5) is 4.79 Å². The highest BCUT2D eigenvalue weighted by atomic mass is 32.2. The Morgan fingerprint density at radius 1 is 1.13 bits per heavy atom. The summed E-state index contributed by atoms with van der Waals surface area (Å²) in [4.78, 5) is 47.8. The van der Waals surface area contributed by atoms with Gasteiger partial charge in [-0.1, -0.05) is 74.3 Å². The summed E-state index contributed by atoms with van der Waals surface area (Å²) in [6.45, 7) is 3.42. The van der Waals surface area contributed by atoms with Crippen LogP contribution in [0.3, 0.4) is 0 Å². The minimum atomic E-state index is -4.09. The molecule has 3 N–H and O–H groups in total. The first-order chi connectivity index (χ1) is 25.4. The minimum absolute atomic E-state index is 0.0237. The van der Waals surface area contributed by atoms with Crippen molar-refractivity contribution in [1.29, 1.82) is 0 Å². The molecule has 2 aliphatic rings. The summed E-state index contributed by atoms with van der Waals surface area (Å²) in [6.07, 6.45) is 3.75. The maximum atomic E-state index is 14.2. The molecule has 1 aliphatic heterocycles. The Hall–Kier alpha value is -4.22. The van der Waals surface area contributed by atoms with Gasteiger partial charge in [0.2, 0.25) is 15.9 Å². The van der Waals surface area contributed by atoms with Crippen molar-refractivity contribution in [3.05, 3.63) is 81.8 Å². The molecule has 2 fully saturated rings. The quantitative estimate of drug-likeness (QED) is 0.0750. The smallest absolute Gasteiger partial charge is 0.328 e. The van der Waals surface area contributed by atoms with Crippen molar-refractivity contribution in [3.63, 3.8) is 0 Å². The van der Waals surface area contributed by atoms with E-state index in [4.69, 9.17) is 9.94 Å². The van der Waals surface area contributed by atoms with Crippen LogP contribution >= 0.6 is 11.3 Å². The number of nitrogens with zero attached hydrogens (tertiary/aromatic N) is 5. The van der Waals surface area contributed by atoms with Gasteiger partial charge in [-0.05, 0) is 54.4 Å². The van der Waals surface area contributed by atoms with Crippen molar-refractivity contribution < 1.29 is 37.9 Å². The first-order valence-electron chi connectivity index (χ1n) is 17.7. The molecule has 4 amide bonds.